The number of rotatable bonds is 7. The van der Waals surface area contributed by atoms with Crippen molar-refractivity contribution >= 4 is 29.9 Å². The van der Waals surface area contributed by atoms with Crippen molar-refractivity contribution in [1.29, 1.82) is 0 Å². The van der Waals surface area contributed by atoms with Crippen molar-refractivity contribution in [2.24, 2.45) is 4.99 Å². The molecule has 21 heavy (non-hydrogen) atoms. The van der Waals surface area contributed by atoms with Gasteiger partial charge >= 0.3 is 0 Å². The van der Waals surface area contributed by atoms with Crippen molar-refractivity contribution < 1.29 is 13.5 Å². The molecule has 0 saturated heterocycles. The van der Waals surface area contributed by atoms with Gasteiger partial charge in [0, 0.05) is 32.8 Å². The molecule has 4 nitrogen and oxygen atoms in total. The Kier molecular flexibility index (Phi) is 11.1. The Hall–Kier alpha value is -0.960. The van der Waals surface area contributed by atoms with Crippen LogP contribution in [-0.4, -0.2) is 39.3 Å². The van der Waals surface area contributed by atoms with Crippen molar-refractivity contribution in [1.82, 2.24) is 10.6 Å². The van der Waals surface area contributed by atoms with E-state index in [0.29, 0.717) is 44.2 Å². The Labute approximate surface area is 141 Å². The molecule has 0 aliphatic carbocycles. The van der Waals surface area contributed by atoms with Gasteiger partial charge in [0.2, 0.25) is 0 Å². The molecular formula is C14H22F2IN3O. The van der Waals surface area contributed by atoms with Gasteiger partial charge in [0.25, 0.3) is 0 Å². The van der Waals surface area contributed by atoms with Crippen LogP contribution in [0, 0.1) is 11.6 Å². The summed E-state index contributed by atoms with van der Waals surface area (Å²) in [6.07, 6.45) is 0.457. The predicted molar refractivity (Wildman–Crippen MR) is 91.3 cm³/mol. The monoisotopic (exact) mass is 413 g/mol. The first kappa shape index (κ1) is 20.0. The molecule has 0 aliphatic heterocycles. The lowest BCUT2D eigenvalue weighted by molar-refractivity contribution is 0.152. The molecule has 1 aromatic rings. The van der Waals surface area contributed by atoms with E-state index >= 15 is 0 Å². The lowest BCUT2D eigenvalue weighted by atomic mass is 10.1. The van der Waals surface area contributed by atoms with Crippen molar-refractivity contribution in [3.63, 3.8) is 0 Å². The molecule has 120 valence electrons. The van der Waals surface area contributed by atoms with Crippen LogP contribution in [0.15, 0.2) is 23.2 Å². The number of benzene rings is 1. The highest BCUT2D eigenvalue weighted by atomic mass is 127. The first-order valence-corrected chi connectivity index (χ1v) is 6.63. The number of nitrogens with one attached hydrogen (secondary N) is 2. The number of hydrogen-bond acceptors (Lipinski definition) is 2. The smallest absolute Gasteiger partial charge is 0.191 e. The number of aliphatic imine (C=N–C) groups is 1. The number of halogens is 3. The largest absolute Gasteiger partial charge is 0.380 e. The Balaban J connectivity index is 0.00000400. The SMILES string of the molecule is CCOCCNC(=NC)NCCc1ccc(F)cc1F.I. The van der Waals surface area contributed by atoms with E-state index in [-0.39, 0.29) is 24.0 Å². The molecule has 0 bridgehead atoms. The topological polar surface area (TPSA) is 45.6 Å². The van der Waals surface area contributed by atoms with E-state index < -0.39 is 11.6 Å². The van der Waals surface area contributed by atoms with Crippen LogP contribution in [-0.2, 0) is 11.2 Å². The Morgan fingerprint density at radius 3 is 2.57 bits per heavy atom. The van der Waals surface area contributed by atoms with E-state index in [1.807, 2.05) is 6.92 Å². The minimum absolute atomic E-state index is 0. The van der Waals surface area contributed by atoms with Crippen LogP contribution in [0.3, 0.4) is 0 Å². The lowest BCUT2D eigenvalue weighted by Gasteiger charge is -2.12. The van der Waals surface area contributed by atoms with E-state index in [4.69, 9.17) is 4.74 Å². The summed E-state index contributed by atoms with van der Waals surface area (Å²) < 4.78 is 31.4. The predicted octanol–water partition coefficient (Wildman–Crippen LogP) is 2.33. The average Bonchev–Trinajstić information content (AvgIpc) is 2.43. The minimum atomic E-state index is -0.562. The van der Waals surface area contributed by atoms with Crippen molar-refractivity contribution in [3.8, 4) is 0 Å². The zero-order chi connectivity index (χ0) is 14.8. The fraction of sp³-hybridized carbons (Fsp3) is 0.500. The average molecular weight is 413 g/mol. The Morgan fingerprint density at radius 2 is 1.95 bits per heavy atom. The third kappa shape index (κ3) is 8.15. The molecule has 1 rings (SSSR count). The molecule has 0 heterocycles. The third-order valence-corrected chi connectivity index (χ3v) is 2.67. The number of nitrogens with zero attached hydrogens (tertiary/aromatic N) is 1. The normalized spacial score (nSPS) is 11.0. The van der Waals surface area contributed by atoms with Gasteiger partial charge in [0.1, 0.15) is 11.6 Å². The molecule has 0 amide bonds. The molecule has 0 unspecified atom stereocenters. The zero-order valence-corrected chi connectivity index (χ0v) is 14.6. The van der Waals surface area contributed by atoms with Gasteiger partial charge in [-0.25, -0.2) is 8.78 Å². The number of guanidine groups is 1. The van der Waals surface area contributed by atoms with Crippen molar-refractivity contribution in [2.75, 3.05) is 33.4 Å². The first-order chi connectivity index (χ1) is 9.67. The van der Waals surface area contributed by atoms with Crippen LogP contribution in [0.25, 0.3) is 0 Å². The molecule has 0 atom stereocenters. The summed E-state index contributed by atoms with van der Waals surface area (Å²) in [5.41, 5.74) is 0.476. The van der Waals surface area contributed by atoms with Crippen molar-refractivity contribution in [2.45, 2.75) is 13.3 Å². The fourth-order valence-electron chi connectivity index (χ4n) is 1.65. The third-order valence-electron chi connectivity index (χ3n) is 2.67. The quantitative estimate of drug-likeness (QED) is 0.312. The van der Waals surface area contributed by atoms with Crippen LogP contribution in [0.5, 0.6) is 0 Å². The highest BCUT2D eigenvalue weighted by Gasteiger charge is 2.04. The summed E-state index contributed by atoms with van der Waals surface area (Å²) in [4.78, 5) is 4.04. The van der Waals surface area contributed by atoms with E-state index in [1.165, 1.54) is 12.1 Å². The van der Waals surface area contributed by atoms with E-state index in [9.17, 15) is 8.78 Å². The molecule has 0 aromatic heterocycles. The first-order valence-electron chi connectivity index (χ1n) is 6.63. The van der Waals surface area contributed by atoms with Gasteiger partial charge in [0.05, 0.1) is 6.61 Å². The standard InChI is InChI=1S/C14H21F2N3O.HI/c1-3-20-9-8-19-14(17-2)18-7-6-11-4-5-12(15)10-13(11)16;/h4-5,10H,3,6-9H2,1-2H3,(H2,17,18,19);1H. The highest BCUT2D eigenvalue weighted by molar-refractivity contribution is 14.0. The summed E-state index contributed by atoms with van der Waals surface area (Å²) >= 11 is 0. The van der Waals surface area contributed by atoms with Gasteiger partial charge in [-0.05, 0) is 25.0 Å². The van der Waals surface area contributed by atoms with Gasteiger partial charge in [0.15, 0.2) is 5.96 Å². The number of hydrogen-bond donors (Lipinski definition) is 2. The molecule has 2 N–H and O–H groups in total. The molecule has 0 aliphatic rings. The zero-order valence-electron chi connectivity index (χ0n) is 12.3. The molecule has 7 heteroatoms. The second-order valence-corrected chi connectivity index (χ2v) is 4.11. The van der Waals surface area contributed by atoms with Crippen molar-refractivity contribution in [3.05, 3.63) is 35.4 Å². The molecule has 0 fully saturated rings. The summed E-state index contributed by atoms with van der Waals surface area (Å²) in [5, 5.41) is 6.13. The molecule has 0 radical (unpaired) electrons. The second kappa shape index (κ2) is 11.7. The van der Waals surface area contributed by atoms with Crippen LogP contribution in [0.1, 0.15) is 12.5 Å². The molecule has 0 spiro atoms. The van der Waals surface area contributed by atoms with E-state index in [2.05, 4.69) is 15.6 Å². The van der Waals surface area contributed by atoms with Gasteiger partial charge < -0.3 is 15.4 Å². The summed E-state index contributed by atoms with van der Waals surface area (Å²) in [5.74, 6) is -0.453. The van der Waals surface area contributed by atoms with Gasteiger partial charge in [-0.2, -0.15) is 0 Å². The summed E-state index contributed by atoms with van der Waals surface area (Å²) in [7, 11) is 1.66. The second-order valence-electron chi connectivity index (χ2n) is 4.11. The van der Waals surface area contributed by atoms with Gasteiger partial charge in [-0.3, -0.25) is 4.99 Å². The van der Waals surface area contributed by atoms with E-state index in [0.717, 1.165) is 6.07 Å². The van der Waals surface area contributed by atoms with Gasteiger partial charge in [-0.1, -0.05) is 6.07 Å². The maximum absolute atomic E-state index is 13.4. The van der Waals surface area contributed by atoms with Crippen LogP contribution in [0.4, 0.5) is 8.78 Å². The molecule has 0 saturated carbocycles. The van der Waals surface area contributed by atoms with Crippen LogP contribution >= 0.6 is 24.0 Å². The summed E-state index contributed by atoms with van der Waals surface area (Å²) in [6, 6.07) is 3.61. The Bertz CT molecular complexity index is 444. The number of ether oxygens (including phenoxy) is 1. The van der Waals surface area contributed by atoms with Crippen LogP contribution < -0.4 is 10.6 Å². The van der Waals surface area contributed by atoms with Gasteiger partial charge in [-0.15, -0.1) is 24.0 Å². The Morgan fingerprint density at radius 1 is 1.24 bits per heavy atom. The highest BCUT2D eigenvalue weighted by Crippen LogP contribution is 2.09. The summed E-state index contributed by atoms with van der Waals surface area (Å²) in [6.45, 7) is 4.38. The lowest BCUT2D eigenvalue weighted by Crippen LogP contribution is -2.39. The molecule has 1 aromatic carbocycles. The maximum Gasteiger partial charge on any atom is 0.191 e. The van der Waals surface area contributed by atoms with E-state index in [1.54, 1.807) is 7.05 Å². The maximum atomic E-state index is 13.4. The molecular weight excluding hydrogens is 391 g/mol. The minimum Gasteiger partial charge on any atom is -0.380 e. The van der Waals surface area contributed by atoms with Crippen LogP contribution in [0.2, 0.25) is 0 Å². The fourth-order valence-corrected chi connectivity index (χ4v) is 1.65.